The highest BCUT2D eigenvalue weighted by molar-refractivity contribution is 5.76. The van der Waals surface area contributed by atoms with Gasteiger partial charge in [-0.25, -0.2) is 0 Å². The SMILES string of the molecule is CCOC(=O)C(N)CN(C)c1ccc(C)cc1. The first kappa shape index (κ1) is 13.5. The van der Waals surface area contributed by atoms with Crippen molar-refractivity contribution in [2.75, 3.05) is 25.1 Å². The van der Waals surface area contributed by atoms with Crippen molar-refractivity contribution < 1.29 is 9.53 Å². The van der Waals surface area contributed by atoms with E-state index in [1.54, 1.807) is 6.92 Å². The van der Waals surface area contributed by atoms with Gasteiger partial charge in [0.15, 0.2) is 0 Å². The van der Waals surface area contributed by atoms with Gasteiger partial charge < -0.3 is 15.4 Å². The molecule has 0 heterocycles. The molecule has 1 aromatic carbocycles. The van der Waals surface area contributed by atoms with Crippen molar-refractivity contribution in [2.24, 2.45) is 5.73 Å². The van der Waals surface area contributed by atoms with E-state index in [-0.39, 0.29) is 5.97 Å². The van der Waals surface area contributed by atoms with E-state index >= 15 is 0 Å². The Morgan fingerprint density at radius 2 is 2.00 bits per heavy atom. The van der Waals surface area contributed by atoms with Crippen LogP contribution >= 0.6 is 0 Å². The Bertz CT molecular complexity index is 362. The monoisotopic (exact) mass is 236 g/mol. The third-order valence-electron chi connectivity index (χ3n) is 2.53. The maximum absolute atomic E-state index is 11.4. The van der Waals surface area contributed by atoms with Crippen LogP contribution in [0.15, 0.2) is 24.3 Å². The van der Waals surface area contributed by atoms with E-state index in [1.165, 1.54) is 5.56 Å². The Morgan fingerprint density at radius 3 is 2.53 bits per heavy atom. The molecule has 1 atom stereocenters. The molecular formula is C13H20N2O2. The van der Waals surface area contributed by atoms with Crippen molar-refractivity contribution in [3.63, 3.8) is 0 Å². The van der Waals surface area contributed by atoms with Gasteiger partial charge in [0.2, 0.25) is 0 Å². The lowest BCUT2D eigenvalue weighted by molar-refractivity contribution is -0.144. The van der Waals surface area contributed by atoms with E-state index in [1.807, 2.05) is 43.1 Å². The summed E-state index contributed by atoms with van der Waals surface area (Å²) in [6, 6.07) is 7.46. The van der Waals surface area contributed by atoms with Crippen molar-refractivity contribution in [3.8, 4) is 0 Å². The van der Waals surface area contributed by atoms with Crippen LogP contribution in [0.1, 0.15) is 12.5 Å². The van der Waals surface area contributed by atoms with Crippen molar-refractivity contribution >= 4 is 11.7 Å². The lowest BCUT2D eigenvalue weighted by Gasteiger charge is -2.22. The average Bonchev–Trinajstić information content (AvgIpc) is 2.30. The number of anilines is 1. The molecule has 4 nitrogen and oxygen atoms in total. The van der Waals surface area contributed by atoms with Gasteiger partial charge in [-0.3, -0.25) is 4.79 Å². The van der Waals surface area contributed by atoms with Gasteiger partial charge in [-0.2, -0.15) is 0 Å². The number of benzene rings is 1. The van der Waals surface area contributed by atoms with Gasteiger partial charge in [0.25, 0.3) is 0 Å². The summed E-state index contributed by atoms with van der Waals surface area (Å²) in [6.45, 7) is 4.62. The number of nitrogens with two attached hydrogens (primary N) is 1. The summed E-state index contributed by atoms with van der Waals surface area (Å²) in [5, 5.41) is 0. The van der Waals surface area contributed by atoms with Crippen LogP contribution in [0.2, 0.25) is 0 Å². The van der Waals surface area contributed by atoms with Gasteiger partial charge >= 0.3 is 5.97 Å². The number of rotatable bonds is 5. The summed E-state index contributed by atoms with van der Waals surface area (Å²) in [6.07, 6.45) is 0. The Balaban J connectivity index is 2.56. The first-order chi connectivity index (χ1) is 8.04. The highest BCUT2D eigenvalue weighted by Crippen LogP contribution is 2.13. The molecule has 4 heteroatoms. The molecule has 1 aromatic rings. The zero-order chi connectivity index (χ0) is 12.8. The summed E-state index contributed by atoms with van der Waals surface area (Å²) in [5.74, 6) is -0.355. The van der Waals surface area contributed by atoms with Crippen LogP contribution in [0.4, 0.5) is 5.69 Å². The fourth-order valence-corrected chi connectivity index (χ4v) is 1.52. The van der Waals surface area contributed by atoms with Gasteiger partial charge in [-0.1, -0.05) is 17.7 Å². The molecule has 0 aliphatic rings. The second-order valence-corrected chi connectivity index (χ2v) is 4.07. The summed E-state index contributed by atoms with van der Waals surface area (Å²) >= 11 is 0. The molecule has 0 amide bonds. The molecule has 94 valence electrons. The number of hydrogen-bond donors (Lipinski definition) is 1. The highest BCUT2D eigenvalue weighted by Gasteiger charge is 2.16. The van der Waals surface area contributed by atoms with E-state index in [9.17, 15) is 4.79 Å². The number of carbonyl (C=O) groups excluding carboxylic acids is 1. The van der Waals surface area contributed by atoms with Gasteiger partial charge in [-0.05, 0) is 26.0 Å². The van der Waals surface area contributed by atoms with Crippen LogP contribution in [-0.4, -0.2) is 32.2 Å². The third kappa shape index (κ3) is 4.07. The van der Waals surface area contributed by atoms with E-state index in [2.05, 4.69) is 0 Å². The topological polar surface area (TPSA) is 55.6 Å². The van der Waals surface area contributed by atoms with Crippen LogP contribution in [0, 0.1) is 6.92 Å². The second-order valence-electron chi connectivity index (χ2n) is 4.07. The summed E-state index contributed by atoms with van der Waals surface area (Å²) in [5.41, 5.74) is 8.00. The fourth-order valence-electron chi connectivity index (χ4n) is 1.52. The Hall–Kier alpha value is -1.55. The molecular weight excluding hydrogens is 216 g/mol. The first-order valence-corrected chi connectivity index (χ1v) is 5.74. The molecule has 0 spiro atoms. The number of hydrogen-bond acceptors (Lipinski definition) is 4. The van der Waals surface area contributed by atoms with Crippen molar-refractivity contribution in [1.82, 2.24) is 0 Å². The normalized spacial score (nSPS) is 12.0. The Labute approximate surface area is 102 Å². The van der Waals surface area contributed by atoms with E-state index in [4.69, 9.17) is 10.5 Å². The van der Waals surface area contributed by atoms with Gasteiger partial charge in [-0.15, -0.1) is 0 Å². The first-order valence-electron chi connectivity index (χ1n) is 5.74. The third-order valence-corrected chi connectivity index (χ3v) is 2.53. The predicted molar refractivity (Wildman–Crippen MR) is 69.1 cm³/mol. The molecule has 2 N–H and O–H groups in total. The van der Waals surface area contributed by atoms with Crippen molar-refractivity contribution in [1.29, 1.82) is 0 Å². The zero-order valence-corrected chi connectivity index (χ0v) is 10.6. The number of aryl methyl sites for hydroxylation is 1. The minimum Gasteiger partial charge on any atom is -0.465 e. The lowest BCUT2D eigenvalue weighted by Crippen LogP contribution is -2.42. The number of likely N-dealkylation sites (N-methyl/N-ethyl adjacent to an activating group) is 1. The van der Waals surface area contributed by atoms with Gasteiger partial charge in [0, 0.05) is 19.3 Å². The average molecular weight is 236 g/mol. The minimum atomic E-state index is -0.610. The molecule has 0 bridgehead atoms. The standard InChI is InChI=1S/C13H20N2O2/c1-4-17-13(16)12(14)9-15(3)11-7-5-10(2)6-8-11/h5-8,12H,4,9,14H2,1-3H3. The molecule has 0 aromatic heterocycles. The maximum atomic E-state index is 11.4. The van der Waals surface area contributed by atoms with Crippen LogP contribution in [-0.2, 0) is 9.53 Å². The fraction of sp³-hybridized carbons (Fsp3) is 0.462. The molecule has 0 fully saturated rings. The van der Waals surface area contributed by atoms with Crippen LogP contribution in [0.3, 0.4) is 0 Å². The van der Waals surface area contributed by atoms with E-state index in [0.717, 1.165) is 5.69 Å². The number of nitrogens with zero attached hydrogens (tertiary/aromatic N) is 1. The largest absolute Gasteiger partial charge is 0.465 e. The van der Waals surface area contributed by atoms with E-state index in [0.29, 0.717) is 13.2 Å². The summed E-state index contributed by atoms with van der Waals surface area (Å²) in [4.78, 5) is 13.3. The molecule has 1 rings (SSSR count). The number of esters is 1. The molecule has 0 radical (unpaired) electrons. The quantitative estimate of drug-likeness (QED) is 0.783. The van der Waals surface area contributed by atoms with Gasteiger partial charge in [0.1, 0.15) is 6.04 Å². The van der Waals surface area contributed by atoms with Crippen molar-refractivity contribution in [2.45, 2.75) is 19.9 Å². The van der Waals surface area contributed by atoms with E-state index < -0.39 is 6.04 Å². The van der Waals surface area contributed by atoms with Gasteiger partial charge in [0.05, 0.1) is 6.61 Å². The Kier molecular flexibility index (Phi) is 4.97. The maximum Gasteiger partial charge on any atom is 0.324 e. The van der Waals surface area contributed by atoms with Crippen LogP contribution < -0.4 is 10.6 Å². The smallest absolute Gasteiger partial charge is 0.324 e. The zero-order valence-electron chi connectivity index (χ0n) is 10.6. The molecule has 0 saturated carbocycles. The Morgan fingerprint density at radius 1 is 1.41 bits per heavy atom. The highest BCUT2D eigenvalue weighted by atomic mass is 16.5. The van der Waals surface area contributed by atoms with Crippen LogP contribution in [0.25, 0.3) is 0 Å². The minimum absolute atomic E-state index is 0.355. The molecule has 17 heavy (non-hydrogen) atoms. The van der Waals surface area contributed by atoms with Crippen molar-refractivity contribution in [3.05, 3.63) is 29.8 Å². The number of ether oxygens (including phenoxy) is 1. The van der Waals surface area contributed by atoms with Crippen LogP contribution in [0.5, 0.6) is 0 Å². The lowest BCUT2D eigenvalue weighted by atomic mass is 10.2. The molecule has 0 saturated heterocycles. The molecule has 1 unspecified atom stereocenters. The summed E-state index contributed by atoms with van der Waals surface area (Å²) < 4.78 is 4.87. The predicted octanol–water partition coefficient (Wildman–Crippen LogP) is 1.32. The second kappa shape index (κ2) is 6.25. The number of carbonyl (C=O) groups is 1. The molecule has 0 aliphatic carbocycles. The molecule has 0 aliphatic heterocycles. The summed E-state index contributed by atoms with van der Waals surface area (Å²) in [7, 11) is 1.91.